The van der Waals surface area contributed by atoms with E-state index in [1.54, 1.807) is 11.3 Å². The Morgan fingerprint density at radius 1 is 1.10 bits per heavy atom. The van der Waals surface area contributed by atoms with Gasteiger partial charge >= 0.3 is 0 Å². The van der Waals surface area contributed by atoms with Crippen LogP contribution >= 0.6 is 23.1 Å². The van der Waals surface area contributed by atoms with Crippen LogP contribution in [0, 0.1) is 6.92 Å². The van der Waals surface area contributed by atoms with Crippen molar-refractivity contribution in [2.75, 3.05) is 11.1 Å². The van der Waals surface area contributed by atoms with E-state index in [1.165, 1.54) is 11.8 Å². The quantitative estimate of drug-likeness (QED) is 0.394. The van der Waals surface area contributed by atoms with E-state index in [1.807, 2.05) is 84.6 Å². The summed E-state index contributed by atoms with van der Waals surface area (Å²) in [5, 5.41) is 14.1. The second-order valence-corrected chi connectivity index (χ2v) is 8.48. The predicted molar refractivity (Wildman–Crippen MR) is 121 cm³/mol. The third-order valence-electron chi connectivity index (χ3n) is 4.32. The molecular weight excluding hydrogens is 416 g/mol. The summed E-state index contributed by atoms with van der Waals surface area (Å²) < 4.78 is 7.85. The number of aromatic nitrogens is 3. The lowest BCUT2D eigenvalue weighted by Crippen LogP contribution is -2.15. The van der Waals surface area contributed by atoms with Gasteiger partial charge in [0.15, 0.2) is 16.7 Å². The van der Waals surface area contributed by atoms with Crippen LogP contribution in [0.3, 0.4) is 0 Å². The lowest BCUT2D eigenvalue weighted by molar-refractivity contribution is -0.113. The van der Waals surface area contributed by atoms with Crippen LogP contribution in [0.15, 0.2) is 71.2 Å². The van der Waals surface area contributed by atoms with Crippen molar-refractivity contribution in [3.63, 3.8) is 0 Å². The van der Waals surface area contributed by atoms with Crippen molar-refractivity contribution in [2.45, 2.75) is 12.1 Å². The molecule has 1 amide bonds. The summed E-state index contributed by atoms with van der Waals surface area (Å²) in [4.78, 5) is 13.6. The highest BCUT2D eigenvalue weighted by Crippen LogP contribution is 2.30. The number of nitrogens with zero attached hydrogens (tertiary/aromatic N) is 3. The number of carbonyl (C=O) groups is 1. The summed E-state index contributed by atoms with van der Waals surface area (Å²) >= 11 is 2.95. The second kappa shape index (κ2) is 9.15. The molecule has 152 valence electrons. The van der Waals surface area contributed by atoms with Crippen LogP contribution in [0.4, 0.5) is 5.69 Å². The molecule has 0 aliphatic heterocycles. The number of hydrogen-bond donors (Lipinski definition) is 1. The number of aryl methyl sites for hydroxylation is 1. The fourth-order valence-electron chi connectivity index (χ4n) is 2.77. The van der Waals surface area contributed by atoms with Crippen LogP contribution in [-0.2, 0) is 11.8 Å². The van der Waals surface area contributed by atoms with E-state index in [9.17, 15) is 4.79 Å². The maximum Gasteiger partial charge on any atom is 0.234 e. The molecule has 2 aromatic heterocycles. The number of thioether (sulfide) groups is 1. The molecule has 0 saturated heterocycles. The Balaban J connectivity index is 1.40. The number of nitrogens with one attached hydrogen (secondary N) is 1. The van der Waals surface area contributed by atoms with Crippen LogP contribution in [0.1, 0.15) is 5.56 Å². The average Bonchev–Trinajstić information content (AvgIpc) is 3.39. The summed E-state index contributed by atoms with van der Waals surface area (Å²) in [6.45, 7) is 2.02. The van der Waals surface area contributed by atoms with E-state index in [0.29, 0.717) is 16.6 Å². The van der Waals surface area contributed by atoms with Crippen molar-refractivity contribution in [2.24, 2.45) is 7.05 Å². The van der Waals surface area contributed by atoms with E-state index in [0.717, 1.165) is 22.0 Å². The van der Waals surface area contributed by atoms with Crippen molar-refractivity contribution in [1.29, 1.82) is 0 Å². The van der Waals surface area contributed by atoms with Gasteiger partial charge in [0.2, 0.25) is 5.91 Å². The molecule has 0 radical (unpaired) electrons. The number of ether oxygens (including phenoxy) is 1. The molecule has 4 aromatic rings. The molecule has 30 heavy (non-hydrogen) atoms. The van der Waals surface area contributed by atoms with Gasteiger partial charge in [-0.1, -0.05) is 47.7 Å². The molecule has 6 nitrogen and oxygen atoms in total. The number of thiophene rings is 1. The van der Waals surface area contributed by atoms with Crippen LogP contribution < -0.4 is 10.1 Å². The third-order valence-corrected chi connectivity index (χ3v) is 6.20. The van der Waals surface area contributed by atoms with Gasteiger partial charge in [-0.05, 0) is 42.6 Å². The first-order valence-corrected chi connectivity index (χ1v) is 11.2. The minimum atomic E-state index is -0.138. The van der Waals surface area contributed by atoms with Gasteiger partial charge in [0, 0.05) is 7.05 Å². The van der Waals surface area contributed by atoms with Crippen LogP contribution in [0.5, 0.6) is 11.5 Å². The van der Waals surface area contributed by atoms with Crippen molar-refractivity contribution in [1.82, 2.24) is 14.8 Å². The minimum Gasteiger partial charge on any atom is -0.455 e. The minimum absolute atomic E-state index is 0.138. The van der Waals surface area contributed by atoms with Crippen molar-refractivity contribution in [3.05, 3.63) is 71.6 Å². The van der Waals surface area contributed by atoms with Crippen LogP contribution in [0.25, 0.3) is 10.7 Å². The molecule has 2 heterocycles. The van der Waals surface area contributed by atoms with Crippen molar-refractivity contribution in [3.8, 4) is 22.2 Å². The molecule has 0 fully saturated rings. The van der Waals surface area contributed by atoms with Gasteiger partial charge in [0.1, 0.15) is 5.75 Å². The van der Waals surface area contributed by atoms with E-state index >= 15 is 0 Å². The van der Waals surface area contributed by atoms with E-state index in [-0.39, 0.29) is 11.7 Å². The first kappa shape index (κ1) is 20.2. The van der Waals surface area contributed by atoms with E-state index in [4.69, 9.17) is 4.74 Å². The van der Waals surface area contributed by atoms with Gasteiger partial charge in [-0.2, -0.15) is 0 Å². The average molecular weight is 437 g/mol. The fourth-order valence-corrected chi connectivity index (χ4v) is 4.22. The zero-order valence-corrected chi connectivity index (χ0v) is 18.2. The lowest BCUT2D eigenvalue weighted by atomic mass is 10.2. The number of rotatable bonds is 7. The first-order chi connectivity index (χ1) is 14.6. The molecular formula is C22H20N4O2S2. The normalized spacial score (nSPS) is 10.7. The molecule has 8 heteroatoms. The zero-order chi connectivity index (χ0) is 20.9. The summed E-state index contributed by atoms with van der Waals surface area (Å²) in [7, 11) is 1.90. The Hall–Kier alpha value is -3.10. The van der Waals surface area contributed by atoms with E-state index in [2.05, 4.69) is 15.5 Å². The van der Waals surface area contributed by atoms with Gasteiger partial charge < -0.3 is 14.6 Å². The van der Waals surface area contributed by atoms with Crippen LogP contribution in [-0.4, -0.2) is 26.4 Å². The molecule has 0 bridgehead atoms. The number of anilines is 1. The Bertz CT molecular complexity index is 1140. The Kier molecular flexibility index (Phi) is 6.15. The third kappa shape index (κ3) is 4.72. The molecule has 2 aromatic carbocycles. The highest BCUT2D eigenvalue weighted by molar-refractivity contribution is 7.99. The largest absolute Gasteiger partial charge is 0.455 e. The molecule has 0 aliphatic carbocycles. The summed E-state index contributed by atoms with van der Waals surface area (Å²) in [5.74, 6) is 2.19. The van der Waals surface area contributed by atoms with Gasteiger partial charge in [-0.15, -0.1) is 21.5 Å². The number of benzene rings is 2. The molecule has 0 aliphatic rings. The standard InChI is InChI=1S/C22H20N4O2S2/c1-15-9-11-16(12-10-15)28-18-7-4-3-6-17(18)23-20(27)14-30-22-25-24-21(26(22)2)19-8-5-13-29-19/h3-13H,14H2,1-2H3,(H,23,27). The first-order valence-electron chi connectivity index (χ1n) is 9.29. The Morgan fingerprint density at radius 3 is 2.67 bits per heavy atom. The van der Waals surface area contributed by atoms with Gasteiger partial charge in [0.25, 0.3) is 0 Å². The summed E-state index contributed by atoms with van der Waals surface area (Å²) in [6, 6.07) is 19.2. The summed E-state index contributed by atoms with van der Waals surface area (Å²) in [6.07, 6.45) is 0. The lowest BCUT2D eigenvalue weighted by Gasteiger charge is -2.12. The van der Waals surface area contributed by atoms with Gasteiger partial charge in [-0.25, -0.2) is 0 Å². The number of amides is 1. The summed E-state index contributed by atoms with van der Waals surface area (Å²) in [5.41, 5.74) is 1.79. The Labute approximate surface area is 182 Å². The predicted octanol–water partition coefficient (Wildman–Crippen LogP) is 5.38. The van der Waals surface area contributed by atoms with E-state index < -0.39 is 0 Å². The van der Waals surface area contributed by atoms with Crippen LogP contribution in [0.2, 0.25) is 0 Å². The maximum atomic E-state index is 12.5. The maximum absolute atomic E-state index is 12.5. The second-order valence-electron chi connectivity index (χ2n) is 6.59. The van der Waals surface area contributed by atoms with Crippen molar-refractivity contribution >= 4 is 34.7 Å². The fraction of sp³-hybridized carbons (Fsp3) is 0.136. The smallest absolute Gasteiger partial charge is 0.234 e. The molecule has 4 rings (SSSR count). The monoisotopic (exact) mass is 436 g/mol. The molecule has 0 spiro atoms. The SMILES string of the molecule is Cc1ccc(Oc2ccccc2NC(=O)CSc2nnc(-c3cccs3)n2C)cc1. The Morgan fingerprint density at radius 2 is 1.90 bits per heavy atom. The topological polar surface area (TPSA) is 69.0 Å². The van der Waals surface area contributed by atoms with Crippen molar-refractivity contribution < 1.29 is 9.53 Å². The highest BCUT2D eigenvalue weighted by atomic mass is 32.2. The number of hydrogen-bond acceptors (Lipinski definition) is 6. The number of para-hydroxylation sites is 2. The van der Waals surface area contributed by atoms with Gasteiger partial charge in [0.05, 0.1) is 16.3 Å². The molecule has 1 N–H and O–H groups in total. The highest BCUT2D eigenvalue weighted by Gasteiger charge is 2.14. The van der Waals surface area contributed by atoms with Gasteiger partial charge in [-0.3, -0.25) is 4.79 Å². The molecule has 0 unspecified atom stereocenters. The number of carbonyl (C=O) groups excluding carboxylic acids is 1. The molecule has 0 atom stereocenters. The zero-order valence-electron chi connectivity index (χ0n) is 16.5. The molecule has 0 saturated carbocycles.